The zero-order chi connectivity index (χ0) is 17.9. The summed E-state index contributed by atoms with van der Waals surface area (Å²) in [6.07, 6.45) is 2.25. The minimum Gasteiger partial charge on any atom is -0.330 e. The van der Waals surface area contributed by atoms with Crippen molar-refractivity contribution in [3.63, 3.8) is 0 Å². The van der Waals surface area contributed by atoms with Gasteiger partial charge in [-0.25, -0.2) is 4.98 Å². The van der Waals surface area contributed by atoms with Crippen molar-refractivity contribution in [3.05, 3.63) is 77.6 Å². The maximum atomic E-state index is 4.93. The molecule has 0 aliphatic carbocycles. The Hall–Kier alpha value is -2.39. The fourth-order valence-electron chi connectivity index (χ4n) is 3.90. The number of imidazole rings is 1. The van der Waals surface area contributed by atoms with Gasteiger partial charge in [-0.1, -0.05) is 67.6 Å². The van der Waals surface area contributed by atoms with E-state index in [2.05, 4.69) is 84.1 Å². The van der Waals surface area contributed by atoms with Crippen LogP contribution in [0.1, 0.15) is 36.2 Å². The zero-order valence-corrected chi connectivity index (χ0v) is 15.7. The molecule has 2 heterocycles. The zero-order valence-electron chi connectivity index (χ0n) is 15.7. The third-order valence-corrected chi connectivity index (χ3v) is 5.61. The van der Waals surface area contributed by atoms with Gasteiger partial charge in [-0.3, -0.25) is 4.90 Å². The highest BCUT2D eigenvalue weighted by atomic mass is 15.2. The van der Waals surface area contributed by atoms with Crippen LogP contribution in [0.3, 0.4) is 0 Å². The van der Waals surface area contributed by atoms with Crippen molar-refractivity contribution in [1.82, 2.24) is 14.5 Å². The summed E-state index contributed by atoms with van der Waals surface area (Å²) in [7, 11) is 2.16. The normalized spacial score (nSPS) is 15.6. The Kier molecular flexibility index (Phi) is 4.89. The van der Waals surface area contributed by atoms with Crippen molar-refractivity contribution in [2.24, 2.45) is 7.05 Å². The van der Waals surface area contributed by atoms with Crippen LogP contribution in [0.5, 0.6) is 0 Å². The Morgan fingerprint density at radius 2 is 1.69 bits per heavy atom. The molecule has 1 atom stereocenters. The fourth-order valence-corrected chi connectivity index (χ4v) is 3.90. The van der Waals surface area contributed by atoms with Gasteiger partial charge >= 0.3 is 0 Å². The average Bonchev–Trinajstić information content (AvgIpc) is 3.03. The lowest BCUT2D eigenvalue weighted by molar-refractivity contribution is 0.239. The molecule has 1 aromatic heterocycles. The molecule has 0 bridgehead atoms. The van der Waals surface area contributed by atoms with Gasteiger partial charge in [0.2, 0.25) is 0 Å². The van der Waals surface area contributed by atoms with Crippen LogP contribution in [0, 0.1) is 0 Å². The van der Waals surface area contributed by atoms with Gasteiger partial charge in [0.1, 0.15) is 5.82 Å². The number of rotatable bonds is 5. The lowest BCUT2D eigenvalue weighted by Gasteiger charge is -2.28. The van der Waals surface area contributed by atoms with E-state index >= 15 is 0 Å². The Balaban J connectivity index is 1.44. The first kappa shape index (κ1) is 17.0. The Labute approximate surface area is 156 Å². The molecule has 1 aliphatic heterocycles. The summed E-state index contributed by atoms with van der Waals surface area (Å²) in [4.78, 5) is 7.52. The second-order valence-electron chi connectivity index (χ2n) is 7.38. The number of benzene rings is 2. The molecule has 0 saturated carbocycles. The van der Waals surface area contributed by atoms with E-state index in [0.29, 0.717) is 5.92 Å². The molecule has 3 aromatic rings. The molecule has 0 spiro atoms. The van der Waals surface area contributed by atoms with Crippen LogP contribution in [0.15, 0.2) is 60.7 Å². The van der Waals surface area contributed by atoms with Gasteiger partial charge in [0.15, 0.2) is 0 Å². The van der Waals surface area contributed by atoms with Crippen LogP contribution in [0.25, 0.3) is 11.4 Å². The SMILES string of the molecule is CC(CCN1CCc2nc(-c3ccccc3)n(C)c2C1)c1ccccc1. The van der Waals surface area contributed by atoms with Crippen molar-refractivity contribution in [1.29, 1.82) is 0 Å². The summed E-state index contributed by atoms with van der Waals surface area (Å²) in [6.45, 7) is 5.59. The van der Waals surface area contributed by atoms with E-state index in [1.165, 1.54) is 28.9 Å². The quantitative estimate of drug-likeness (QED) is 0.672. The molecule has 3 nitrogen and oxygen atoms in total. The van der Waals surface area contributed by atoms with Gasteiger partial charge in [0, 0.05) is 32.1 Å². The largest absolute Gasteiger partial charge is 0.330 e. The summed E-state index contributed by atoms with van der Waals surface area (Å²) < 4.78 is 2.29. The van der Waals surface area contributed by atoms with Crippen molar-refractivity contribution < 1.29 is 0 Å². The Morgan fingerprint density at radius 3 is 2.42 bits per heavy atom. The first-order chi connectivity index (χ1) is 12.7. The predicted octanol–water partition coefficient (Wildman–Crippen LogP) is 4.64. The minimum absolute atomic E-state index is 0.601. The number of hydrogen-bond acceptors (Lipinski definition) is 2. The van der Waals surface area contributed by atoms with Crippen molar-refractivity contribution in [2.45, 2.75) is 32.2 Å². The molecule has 2 aromatic carbocycles. The smallest absolute Gasteiger partial charge is 0.140 e. The van der Waals surface area contributed by atoms with Gasteiger partial charge in [-0.05, 0) is 24.4 Å². The first-order valence-corrected chi connectivity index (χ1v) is 9.59. The molecule has 0 amide bonds. The highest BCUT2D eigenvalue weighted by Gasteiger charge is 2.23. The maximum absolute atomic E-state index is 4.93. The van der Waals surface area contributed by atoms with Crippen LogP contribution >= 0.6 is 0 Å². The van der Waals surface area contributed by atoms with Crippen molar-refractivity contribution >= 4 is 0 Å². The molecule has 1 unspecified atom stereocenters. The average molecular weight is 345 g/mol. The van der Waals surface area contributed by atoms with Crippen LogP contribution in [0.2, 0.25) is 0 Å². The van der Waals surface area contributed by atoms with Crippen LogP contribution in [-0.4, -0.2) is 27.5 Å². The predicted molar refractivity (Wildman–Crippen MR) is 107 cm³/mol. The lowest BCUT2D eigenvalue weighted by atomic mass is 9.97. The van der Waals surface area contributed by atoms with E-state index in [4.69, 9.17) is 4.98 Å². The van der Waals surface area contributed by atoms with Crippen molar-refractivity contribution in [3.8, 4) is 11.4 Å². The van der Waals surface area contributed by atoms with E-state index in [1.807, 2.05) is 0 Å². The second kappa shape index (κ2) is 7.46. The number of nitrogens with zero attached hydrogens (tertiary/aromatic N) is 3. The molecule has 26 heavy (non-hydrogen) atoms. The van der Waals surface area contributed by atoms with Crippen molar-refractivity contribution in [2.75, 3.05) is 13.1 Å². The first-order valence-electron chi connectivity index (χ1n) is 9.59. The van der Waals surface area contributed by atoms with Gasteiger partial charge in [-0.15, -0.1) is 0 Å². The highest BCUT2D eigenvalue weighted by molar-refractivity contribution is 5.56. The monoisotopic (exact) mass is 345 g/mol. The summed E-state index contributed by atoms with van der Waals surface area (Å²) in [5.41, 5.74) is 5.30. The minimum atomic E-state index is 0.601. The fraction of sp³-hybridized carbons (Fsp3) is 0.348. The molecule has 0 N–H and O–H groups in total. The Morgan fingerprint density at radius 1 is 1.00 bits per heavy atom. The molecule has 0 saturated heterocycles. The molecule has 4 rings (SSSR count). The number of aromatic nitrogens is 2. The third-order valence-electron chi connectivity index (χ3n) is 5.61. The third kappa shape index (κ3) is 3.45. The van der Waals surface area contributed by atoms with E-state index < -0.39 is 0 Å². The lowest BCUT2D eigenvalue weighted by Crippen LogP contribution is -2.32. The molecule has 3 heteroatoms. The number of fused-ring (bicyclic) bond motifs is 1. The molecular weight excluding hydrogens is 318 g/mol. The standard InChI is InChI=1S/C23H27N3/c1-18(19-9-5-3-6-10-19)13-15-26-16-14-21-22(17-26)25(2)23(24-21)20-11-7-4-8-12-20/h3-12,18H,13-17H2,1-2H3. The summed E-state index contributed by atoms with van der Waals surface area (Å²) in [5, 5.41) is 0. The second-order valence-corrected chi connectivity index (χ2v) is 7.38. The molecule has 134 valence electrons. The molecular formula is C23H27N3. The molecule has 0 radical (unpaired) electrons. The van der Waals surface area contributed by atoms with Gasteiger partial charge in [0.25, 0.3) is 0 Å². The van der Waals surface area contributed by atoms with E-state index in [9.17, 15) is 0 Å². The summed E-state index contributed by atoms with van der Waals surface area (Å²) in [5.74, 6) is 1.69. The topological polar surface area (TPSA) is 21.1 Å². The number of hydrogen-bond donors (Lipinski definition) is 0. The van der Waals surface area contributed by atoms with Gasteiger partial charge in [0.05, 0.1) is 11.4 Å². The van der Waals surface area contributed by atoms with Crippen LogP contribution in [0.4, 0.5) is 0 Å². The van der Waals surface area contributed by atoms with Gasteiger partial charge in [-0.2, -0.15) is 0 Å². The molecule has 1 aliphatic rings. The van der Waals surface area contributed by atoms with E-state index in [0.717, 1.165) is 31.9 Å². The van der Waals surface area contributed by atoms with Crippen LogP contribution < -0.4 is 0 Å². The van der Waals surface area contributed by atoms with Gasteiger partial charge < -0.3 is 4.57 Å². The summed E-state index contributed by atoms with van der Waals surface area (Å²) in [6, 6.07) is 21.4. The maximum Gasteiger partial charge on any atom is 0.140 e. The molecule has 0 fully saturated rings. The Bertz CT molecular complexity index is 852. The summed E-state index contributed by atoms with van der Waals surface area (Å²) >= 11 is 0. The van der Waals surface area contributed by atoms with E-state index in [1.54, 1.807) is 0 Å². The highest BCUT2D eigenvalue weighted by Crippen LogP contribution is 2.26. The van der Waals surface area contributed by atoms with E-state index in [-0.39, 0.29) is 0 Å². The van der Waals surface area contributed by atoms with Crippen LogP contribution in [-0.2, 0) is 20.0 Å².